The number of hydrogen-bond acceptors (Lipinski definition) is 2. The Hall–Kier alpha value is -1.06. The summed E-state index contributed by atoms with van der Waals surface area (Å²) in [5.41, 5.74) is -0.273. The number of nitrogens with one attached hydrogen (secondary N) is 1. The molecule has 0 radical (unpaired) electrons. The largest absolute Gasteiger partial charge is 0.356 e. The van der Waals surface area contributed by atoms with Gasteiger partial charge in [0.1, 0.15) is 0 Å². The van der Waals surface area contributed by atoms with Crippen LogP contribution in [0.4, 0.5) is 0 Å². The van der Waals surface area contributed by atoms with Crippen LogP contribution in [0.5, 0.6) is 0 Å². The predicted molar refractivity (Wildman–Crippen MR) is 58.5 cm³/mol. The van der Waals surface area contributed by atoms with E-state index >= 15 is 0 Å². The Kier molecular flexibility index (Phi) is 2.03. The fraction of sp³-hybridized carbons (Fsp3) is 0.833. The molecule has 3 fully saturated rings. The van der Waals surface area contributed by atoms with Crippen molar-refractivity contribution >= 4 is 11.8 Å². The van der Waals surface area contributed by atoms with E-state index in [1.165, 1.54) is 0 Å². The van der Waals surface area contributed by atoms with Crippen molar-refractivity contribution in [1.82, 2.24) is 10.2 Å². The molecular weight excluding hydrogens is 204 g/mol. The van der Waals surface area contributed by atoms with Crippen molar-refractivity contribution in [2.45, 2.75) is 26.2 Å². The van der Waals surface area contributed by atoms with Gasteiger partial charge in [0.25, 0.3) is 0 Å². The number of hydrogen-bond donors (Lipinski definition) is 1. The van der Waals surface area contributed by atoms with Crippen LogP contribution < -0.4 is 5.32 Å². The molecule has 4 nitrogen and oxygen atoms in total. The maximum absolute atomic E-state index is 12.0. The van der Waals surface area contributed by atoms with Crippen molar-refractivity contribution in [1.29, 1.82) is 0 Å². The number of amides is 2. The minimum atomic E-state index is -0.273. The van der Waals surface area contributed by atoms with E-state index in [-0.39, 0.29) is 23.1 Å². The van der Waals surface area contributed by atoms with Crippen LogP contribution in [0.2, 0.25) is 0 Å². The van der Waals surface area contributed by atoms with E-state index in [0.29, 0.717) is 12.5 Å². The number of nitrogens with zero attached hydrogens (tertiary/aromatic N) is 1. The Balaban J connectivity index is 1.78. The quantitative estimate of drug-likeness (QED) is 0.697. The molecule has 2 heterocycles. The first-order valence-corrected chi connectivity index (χ1v) is 6.20. The molecule has 0 unspecified atom stereocenters. The molecule has 1 aliphatic carbocycles. The summed E-state index contributed by atoms with van der Waals surface area (Å²) in [7, 11) is 0. The van der Waals surface area contributed by atoms with Crippen molar-refractivity contribution < 1.29 is 9.59 Å². The standard InChI is InChI=1S/C12H18N2O2/c1-8-6-14(10(15)9-2-3-9)7-12(8)4-5-13-11(12)16/h8-9H,2-7H2,1H3,(H,13,16)/t8-,12-/m1/s1. The maximum Gasteiger partial charge on any atom is 0.228 e. The summed E-state index contributed by atoms with van der Waals surface area (Å²) in [4.78, 5) is 25.8. The van der Waals surface area contributed by atoms with E-state index in [9.17, 15) is 9.59 Å². The molecule has 1 saturated carbocycles. The summed E-state index contributed by atoms with van der Waals surface area (Å²) >= 11 is 0. The SMILES string of the molecule is C[C@@H]1CN(C(=O)C2CC2)C[C@]12CCNC2=O. The van der Waals surface area contributed by atoms with Gasteiger partial charge >= 0.3 is 0 Å². The molecule has 1 spiro atoms. The fourth-order valence-corrected chi connectivity index (χ4v) is 3.13. The highest BCUT2D eigenvalue weighted by Crippen LogP contribution is 2.43. The Morgan fingerprint density at radius 3 is 2.81 bits per heavy atom. The molecule has 2 saturated heterocycles. The van der Waals surface area contributed by atoms with E-state index < -0.39 is 0 Å². The highest BCUT2D eigenvalue weighted by molar-refractivity contribution is 5.88. The minimum absolute atomic E-state index is 0.158. The smallest absolute Gasteiger partial charge is 0.228 e. The van der Waals surface area contributed by atoms with Crippen molar-refractivity contribution in [2.75, 3.05) is 19.6 Å². The van der Waals surface area contributed by atoms with Crippen LogP contribution in [0.25, 0.3) is 0 Å². The second kappa shape index (κ2) is 3.22. The van der Waals surface area contributed by atoms with Gasteiger partial charge in [-0.05, 0) is 25.2 Å². The Bertz CT molecular complexity index is 351. The van der Waals surface area contributed by atoms with Gasteiger partial charge in [-0.15, -0.1) is 0 Å². The van der Waals surface area contributed by atoms with Gasteiger partial charge in [0.05, 0.1) is 5.41 Å². The molecule has 0 aromatic rings. The number of carbonyl (C=O) groups excluding carboxylic acids is 2. The first kappa shape index (κ1) is 10.1. The lowest BCUT2D eigenvalue weighted by Gasteiger charge is -2.23. The van der Waals surface area contributed by atoms with Gasteiger partial charge in [-0.3, -0.25) is 9.59 Å². The first-order chi connectivity index (χ1) is 7.63. The summed E-state index contributed by atoms with van der Waals surface area (Å²) in [5.74, 6) is 1.01. The molecular formula is C12H18N2O2. The van der Waals surface area contributed by atoms with Gasteiger partial charge in [0, 0.05) is 25.6 Å². The predicted octanol–water partition coefficient (Wildman–Crippen LogP) is 0.381. The van der Waals surface area contributed by atoms with Crippen LogP contribution in [-0.4, -0.2) is 36.3 Å². The average Bonchev–Trinajstić information content (AvgIpc) is 2.97. The molecule has 0 aromatic heterocycles. The molecule has 0 aromatic carbocycles. The van der Waals surface area contributed by atoms with E-state index in [1.54, 1.807) is 0 Å². The highest BCUT2D eigenvalue weighted by atomic mass is 16.2. The van der Waals surface area contributed by atoms with E-state index in [4.69, 9.17) is 0 Å². The second-order valence-corrected chi connectivity index (χ2v) is 5.56. The molecule has 88 valence electrons. The summed E-state index contributed by atoms with van der Waals surface area (Å²) in [5, 5.41) is 2.91. The zero-order valence-corrected chi connectivity index (χ0v) is 9.66. The zero-order valence-electron chi connectivity index (χ0n) is 9.66. The van der Waals surface area contributed by atoms with Gasteiger partial charge in [-0.2, -0.15) is 0 Å². The van der Waals surface area contributed by atoms with Crippen LogP contribution in [0.3, 0.4) is 0 Å². The number of carbonyl (C=O) groups is 2. The highest BCUT2D eigenvalue weighted by Gasteiger charge is 2.54. The molecule has 3 aliphatic rings. The van der Waals surface area contributed by atoms with Crippen molar-refractivity contribution in [3.8, 4) is 0 Å². The zero-order chi connectivity index (χ0) is 11.3. The lowest BCUT2D eigenvalue weighted by Crippen LogP contribution is -2.38. The Morgan fingerprint density at radius 2 is 2.25 bits per heavy atom. The summed E-state index contributed by atoms with van der Waals surface area (Å²) in [6.45, 7) is 4.29. The second-order valence-electron chi connectivity index (χ2n) is 5.56. The van der Waals surface area contributed by atoms with Gasteiger partial charge in [-0.1, -0.05) is 6.92 Å². The van der Waals surface area contributed by atoms with Gasteiger partial charge in [-0.25, -0.2) is 0 Å². The maximum atomic E-state index is 12.0. The molecule has 1 N–H and O–H groups in total. The van der Waals surface area contributed by atoms with Crippen LogP contribution in [-0.2, 0) is 9.59 Å². The molecule has 2 aliphatic heterocycles. The molecule has 4 heteroatoms. The normalized spacial score (nSPS) is 38.2. The molecule has 0 bridgehead atoms. The van der Waals surface area contributed by atoms with Crippen LogP contribution in [0.15, 0.2) is 0 Å². The fourth-order valence-electron chi connectivity index (χ4n) is 3.13. The summed E-state index contributed by atoms with van der Waals surface area (Å²) in [6.07, 6.45) is 2.98. The Labute approximate surface area is 95.4 Å². The topological polar surface area (TPSA) is 49.4 Å². The van der Waals surface area contributed by atoms with E-state index in [2.05, 4.69) is 12.2 Å². The van der Waals surface area contributed by atoms with Crippen LogP contribution in [0.1, 0.15) is 26.2 Å². The summed E-state index contributed by atoms with van der Waals surface area (Å²) < 4.78 is 0. The molecule has 3 rings (SSSR count). The third kappa shape index (κ3) is 1.28. The van der Waals surface area contributed by atoms with Crippen LogP contribution in [0, 0.1) is 17.3 Å². The number of rotatable bonds is 1. The van der Waals surface area contributed by atoms with E-state index in [0.717, 1.165) is 32.4 Å². The van der Waals surface area contributed by atoms with Gasteiger partial charge < -0.3 is 10.2 Å². The number of likely N-dealkylation sites (tertiary alicyclic amines) is 1. The van der Waals surface area contributed by atoms with Gasteiger partial charge in [0.2, 0.25) is 11.8 Å². The lowest BCUT2D eigenvalue weighted by atomic mass is 9.78. The Morgan fingerprint density at radius 1 is 1.50 bits per heavy atom. The monoisotopic (exact) mass is 222 g/mol. The molecule has 16 heavy (non-hydrogen) atoms. The molecule has 2 atom stereocenters. The third-order valence-electron chi connectivity index (χ3n) is 4.46. The average molecular weight is 222 g/mol. The van der Waals surface area contributed by atoms with Crippen LogP contribution >= 0.6 is 0 Å². The minimum Gasteiger partial charge on any atom is -0.356 e. The lowest BCUT2D eigenvalue weighted by molar-refractivity contribution is -0.132. The van der Waals surface area contributed by atoms with Crippen molar-refractivity contribution in [2.24, 2.45) is 17.3 Å². The third-order valence-corrected chi connectivity index (χ3v) is 4.46. The summed E-state index contributed by atoms with van der Waals surface area (Å²) in [6, 6.07) is 0. The molecule has 2 amide bonds. The first-order valence-electron chi connectivity index (χ1n) is 6.20. The van der Waals surface area contributed by atoms with E-state index in [1.807, 2.05) is 4.90 Å². The van der Waals surface area contributed by atoms with Gasteiger partial charge in [0.15, 0.2) is 0 Å². The van der Waals surface area contributed by atoms with Crippen molar-refractivity contribution in [3.05, 3.63) is 0 Å². The van der Waals surface area contributed by atoms with Crippen molar-refractivity contribution in [3.63, 3.8) is 0 Å².